The van der Waals surface area contributed by atoms with Gasteiger partial charge in [-0.1, -0.05) is 45.0 Å². The summed E-state index contributed by atoms with van der Waals surface area (Å²) in [5.74, 6) is -0.575. The molecule has 2 N–H and O–H groups in total. The van der Waals surface area contributed by atoms with Gasteiger partial charge in [0.05, 0.1) is 12.2 Å². The Labute approximate surface area is 192 Å². The van der Waals surface area contributed by atoms with Crippen molar-refractivity contribution in [3.05, 3.63) is 65.0 Å². The topological polar surface area (TPSA) is 74.3 Å². The van der Waals surface area contributed by atoms with Crippen molar-refractivity contribution in [2.24, 2.45) is 0 Å². The van der Waals surface area contributed by atoms with Crippen LogP contribution in [-0.4, -0.2) is 36.4 Å². The molecule has 0 aliphatic carbocycles. The lowest BCUT2D eigenvalue weighted by molar-refractivity contribution is -0.115. The SMILES string of the molecule is CC(C)(C)c1cccc(C(=O)NCC(=O)Nc2nc(-c3cccc(N4CCC4)c3)cs2)c1. The average molecular weight is 449 g/mol. The number of nitrogens with zero attached hydrogens (tertiary/aromatic N) is 2. The maximum Gasteiger partial charge on any atom is 0.251 e. The molecule has 0 unspecified atom stereocenters. The fourth-order valence-corrected chi connectivity index (χ4v) is 4.19. The normalized spacial score (nSPS) is 13.4. The maximum atomic E-state index is 12.5. The zero-order valence-electron chi connectivity index (χ0n) is 18.6. The summed E-state index contributed by atoms with van der Waals surface area (Å²) in [6, 6.07) is 15.8. The summed E-state index contributed by atoms with van der Waals surface area (Å²) >= 11 is 1.37. The lowest BCUT2D eigenvalue weighted by atomic mass is 9.86. The minimum atomic E-state index is -0.305. The Hall–Kier alpha value is -3.19. The van der Waals surface area contributed by atoms with Gasteiger partial charge in [0.25, 0.3) is 5.91 Å². The highest BCUT2D eigenvalue weighted by Crippen LogP contribution is 2.29. The van der Waals surface area contributed by atoms with Crippen LogP contribution in [0.3, 0.4) is 0 Å². The van der Waals surface area contributed by atoms with Crippen molar-refractivity contribution in [3.63, 3.8) is 0 Å². The predicted octanol–water partition coefficient (Wildman–Crippen LogP) is 4.69. The fourth-order valence-electron chi connectivity index (χ4n) is 3.45. The van der Waals surface area contributed by atoms with Gasteiger partial charge in [0, 0.05) is 35.3 Å². The Morgan fingerprint density at radius 3 is 2.59 bits per heavy atom. The molecule has 1 aliphatic rings. The highest BCUT2D eigenvalue weighted by molar-refractivity contribution is 7.14. The number of carbonyl (C=O) groups excluding carboxylic acids is 2. The summed E-state index contributed by atoms with van der Waals surface area (Å²) in [4.78, 5) is 31.7. The maximum absolute atomic E-state index is 12.5. The molecular weight excluding hydrogens is 420 g/mol. The molecular formula is C25H28N4O2S. The molecule has 0 spiro atoms. The van der Waals surface area contributed by atoms with Crippen LogP contribution in [0.25, 0.3) is 11.3 Å². The number of anilines is 2. The summed E-state index contributed by atoms with van der Waals surface area (Å²) in [5, 5.41) is 7.92. The first-order chi connectivity index (χ1) is 15.3. The summed E-state index contributed by atoms with van der Waals surface area (Å²) in [6.45, 7) is 8.36. The van der Waals surface area contributed by atoms with Gasteiger partial charge in [0.1, 0.15) is 0 Å². The zero-order chi connectivity index (χ0) is 22.7. The number of amides is 2. The van der Waals surface area contributed by atoms with Crippen molar-refractivity contribution in [3.8, 4) is 11.3 Å². The highest BCUT2D eigenvalue weighted by Gasteiger charge is 2.17. The van der Waals surface area contributed by atoms with Crippen molar-refractivity contribution in [1.29, 1.82) is 0 Å². The summed E-state index contributed by atoms with van der Waals surface area (Å²) < 4.78 is 0. The van der Waals surface area contributed by atoms with Crippen LogP contribution in [-0.2, 0) is 10.2 Å². The van der Waals surface area contributed by atoms with Gasteiger partial charge in [-0.25, -0.2) is 4.98 Å². The Kier molecular flexibility index (Phi) is 6.28. The van der Waals surface area contributed by atoms with Crippen molar-refractivity contribution >= 4 is 34.0 Å². The van der Waals surface area contributed by atoms with Gasteiger partial charge in [-0.15, -0.1) is 11.3 Å². The van der Waals surface area contributed by atoms with E-state index in [0.29, 0.717) is 10.7 Å². The molecule has 3 aromatic rings. The summed E-state index contributed by atoms with van der Waals surface area (Å²) in [7, 11) is 0. The van der Waals surface area contributed by atoms with Crippen LogP contribution in [0.4, 0.5) is 10.8 Å². The van der Waals surface area contributed by atoms with E-state index in [9.17, 15) is 9.59 Å². The lowest BCUT2D eigenvalue weighted by Crippen LogP contribution is -2.36. The zero-order valence-corrected chi connectivity index (χ0v) is 19.5. The van der Waals surface area contributed by atoms with Crippen LogP contribution in [0, 0.1) is 0 Å². The smallest absolute Gasteiger partial charge is 0.251 e. The molecule has 0 bridgehead atoms. The number of rotatable bonds is 6. The Bertz CT molecular complexity index is 1130. The molecule has 0 atom stereocenters. The third kappa shape index (κ3) is 5.16. The minimum absolute atomic E-state index is 0.0506. The molecule has 6 nitrogen and oxygen atoms in total. The molecule has 1 aromatic heterocycles. The molecule has 1 fully saturated rings. The Morgan fingerprint density at radius 1 is 1.09 bits per heavy atom. The van der Waals surface area contributed by atoms with E-state index < -0.39 is 0 Å². The minimum Gasteiger partial charge on any atom is -0.371 e. The van der Waals surface area contributed by atoms with Crippen LogP contribution in [0.5, 0.6) is 0 Å². The van der Waals surface area contributed by atoms with Crippen molar-refractivity contribution in [2.75, 3.05) is 29.9 Å². The second kappa shape index (κ2) is 9.12. The Balaban J connectivity index is 1.33. The predicted molar refractivity (Wildman–Crippen MR) is 130 cm³/mol. The molecule has 2 aromatic carbocycles. The molecule has 7 heteroatoms. The standard InChI is InChI=1S/C25H28N4O2S/c1-25(2,3)19-9-4-8-18(13-19)23(31)26-15-22(30)28-24-27-21(16-32-24)17-7-5-10-20(14-17)29-11-6-12-29/h4-5,7-10,13-14,16H,6,11-12,15H2,1-3H3,(H,26,31)(H,27,28,30). The number of carbonyl (C=O) groups is 2. The third-order valence-electron chi connectivity index (χ3n) is 5.51. The molecule has 4 rings (SSSR count). The molecule has 0 saturated carbocycles. The van der Waals surface area contributed by atoms with E-state index >= 15 is 0 Å². The first kappa shape index (κ1) is 22.0. The average Bonchev–Trinajstić information content (AvgIpc) is 3.19. The van der Waals surface area contributed by atoms with Gasteiger partial charge in [0.15, 0.2) is 5.13 Å². The second-order valence-corrected chi connectivity index (χ2v) is 9.85. The lowest BCUT2D eigenvalue weighted by Gasteiger charge is -2.33. The number of thiazole rings is 1. The number of nitrogens with one attached hydrogen (secondary N) is 2. The van der Waals surface area contributed by atoms with Gasteiger partial charge < -0.3 is 15.5 Å². The van der Waals surface area contributed by atoms with Crippen molar-refractivity contribution in [1.82, 2.24) is 10.3 Å². The van der Waals surface area contributed by atoms with E-state index in [2.05, 4.69) is 53.4 Å². The van der Waals surface area contributed by atoms with Gasteiger partial charge in [-0.05, 0) is 41.7 Å². The second-order valence-electron chi connectivity index (χ2n) is 8.99. The number of hydrogen-bond donors (Lipinski definition) is 2. The van der Waals surface area contributed by atoms with Crippen LogP contribution in [0.1, 0.15) is 43.1 Å². The fraction of sp³-hybridized carbons (Fsp3) is 0.320. The molecule has 2 heterocycles. The summed E-state index contributed by atoms with van der Waals surface area (Å²) in [5.41, 5.74) is 4.62. The Morgan fingerprint density at radius 2 is 1.88 bits per heavy atom. The van der Waals surface area contributed by atoms with E-state index in [4.69, 9.17) is 0 Å². The molecule has 1 aliphatic heterocycles. The molecule has 166 valence electrons. The molecule has 0 radical (unpaired) electrons. The van der Waals surface area contributed by atoms with Gasteiger partial charge in [-0.2, -0.15) is 0 Å². The number of aromatic nitrogens is 1. The highest BCUT2D eigenvalue weighted by atomic mass is 32.1. The van der Waals surface area contributed by atoms with Crippen LogP contribution >= 0.6 is 11.3 Å². The molecule has 1 saturated heterocycles. The largest absolute Gasteiger partial charge is 0.371 e. The first-order valence-corrected chi connectivity index (χ1v) is 11.7. The van der Waals surface area contributed by atoms with Gasteiger partial charge in [0.2, 0.25) is 5.91 Å². The van der Waals surface area contributed by atoms with Gasteiger partial charge >= 0.3 is 0 Å². The number of benzene rings is 2. The quantitative estimate of drug-likeness (QED) is 0.574. The van der Waals surface area contributed by atoms with Crippen LogP contribution in [0.2, 0.25) is 0 Å². The third-order valence-corrected chi connectivity index (χ3v) is 6.27. The monoisotopic (exact) mass is 448 g/mol. The number of hydrogen-bond acceptors (Lipinski definition) is 5. The van der Waals surface area contributed by atoms with Crippen LogP contribution < -0.4 is 15.5 Å². The van der Waals surface area contributed by atoms with E-state index in [1.54, 1.807) is 6.07 Å². The van der Waals surface area contributed by atoms with E-state index in [1.165, 1.54) is 23.4 Å². The van der Waals surface area contributed by atoms with Crippen molar-refractivity contribution in [2.45, 2.75) is 32.6 Å². The van der Waals surface area contributed by atoms with E-state index in [-0.39, 0.29) is 23.8 Å². The molecule has 2 amide bonds. The first-order valence-electron chi connectivity index (χ1n) is 10.8. The van der Waals surface area contributed by atoms with E-state index in [0.717, 1.165) is 29.9 Å². The van der Waals surface area contributed by atoms with Crippen LogP contribution in [0.15, 0.2) is 53.9 Å². The van der Waals surface area contributed by atoms with E-state index in [1.807, 2.05) is 35.7 Å². The molecule has 32 heavy (non-hydrogen) atoms. The van der Waals surface area contributed by atoms with Crippen molar-refractivity contribution < 1.29 is 9.59 Å². The summed E-state index contributed by atoms with van der Waals surface area (Å²) in [6.07, 6.45) is 1.23. The van der Waals surface area contributed by atoms with Gasteiger partial charge in [-0.3, -0.25) is 9.59 Å².